The summed E-state index contributed by atoms with van der Waals surface area (Å²) in [5.41, 5.74) is 17.6. The van der Waals surface area contributed by atoms with Gasteiger partial charge < -0.3 is 31.5 Å². The lowest BCUT2D eigenvalue weighted by molar-refractivity contribution is -0.535. The van der Waals surface area contributed by atoms with Crippen molar-refractivity contribution >= 4 is 65.8 Å². The Hall–Kier alpha value is -4.52. The molecule has 1 aliphatic carbocycles. The van der Waals surface area contributed by atoms with Crippen molar-refractivity contribution in [2.75, 3.05) is 49.5 Å². The van der Waals surface area contributed by atoms with Gasteiger partial charge in [-0.05, 0) is 91.7 Å². The molecule has 1 saturated carbocycles. The van der Waals surface area contributed by atoms with Gasteiger partial charge in [0.15, 0.2) is 0 Å². The van der Waals surface area contributed by atoms with Crippen molar-refractivity contribution in [1.82, 2.24) is 0 Å². The van der Waals surface area contributed by atoms with Crippen molar-refractivity contribution in [2.45, 2.75) is 24.0 Å². The Bertz CT molecular complexity index is 1880. The van der Waals surface area contributed by atoms with E-state index in [1.165, 1.54) is 0 Å². The number of fused-ring (bicyclic) bond motifs is 4. The summed E-state index contributed by atoms with van der Waals surface area (Å²) in [6.07, 6.45) is -2.37. The van der Waals surface area contributed by atoms with Crippen LogP contribution in [0.5, 0.6) is 0 Å². The van der Waals surface area contributed by atoms with Crippen LogP contribution in [-0.2, 0) is 0 Å². The number of nitrogens with two attached hydrogens (primary N) is 2. The quantitative estimate of drug-likeness (QED) is 0.236. The van der Waals surface area contributed by atoms with Gasteiger partial charge in [0.25, 0.3) is 0 Å². The molecular weight excluding hydrogens is 520 g/mol. The van der Waals surface area contributed by atoms with Crippen LogP contribution in [0.3, 0.4) is 0 Å². The Morgan fingerprint density at radius 1 is 0.500 bits per heavy atom. The predicted octanol–water partition coefficient (Wildman–Crippen LogP) is 4.93. The fourth-order valence-electron chi connectivity index (χ4n) is 7.08. The molecule has 6 aromatic rings. The lowest BCUT2D eigenvalue weighted by Gasteiger charge is -2.62. The number of hydrogen-bond donors (Lipinski definition) is 2. The second kappa shape index (κ2) is 9.51. The minimum Gasteiger partial charge on any atom is -0.851 e. The van der Waals surface area contributed by atoms with Gasteiger partial charge in [-0.15, -0.1) is 12.2 Å². The van der Waals surface area contributed by atoms with Crippen LogP contribution in [0.1, 0.15) is 23.0 Å². The highest BCUT2D eigenvalue weighted by Crippen LogP contribution is 2.53. The SMILES string of the molecule is CN(C)c1cc(N)c(C2C([O-])C(c3c(N)cc(N(C)C)c4cc5ccccc5cc34)C2[O-])c2cc3ccccc3cc12. The predicted molar refractivity (Wildman–Crippen MR) is 173 cm³/mol. The molecule has 0 amide bonds. The number of hydrogen-bond acceptors (Lipinski definition) is 6. The lowest BCUT2D eigenvalue weighted by Crippen LogP contribution is -2.64. The molecule has 0 spiro atoms. The molecule has 0 saturated heterocycles. The first-order chi connectivity index (χ1) is 20.2. The Labute approximate surface area is 245 Å². The van der Waals surface area contributed by atoms with E-state index in [0.717, 1.165) is 54.5 Å². The summed E-state index contributed by atoms with van der Waals surface area (Å²) < 4.78 is 0. The van der Waals surface area contributed by atoms with Gasteiger partial charge >= 0.3 is 0 Å². The van der Waals surface area contributed by atoms with Gasteiger partial charge in [-0.2, -0.15) is 0 Å². The van der Waals surface area contributed by atoms with E-state index >= 15 is 0 Å². The Morgan fingerprint density at radius 3 is 1.12 bits per heavy atom. The summed E-state index contributed by atoms with van der Waals surface area (Å²) in [5, 5.41) is 36.6. The third-order valence-corrected chi connectivity index (χ3v) is 9.16. The maximum absolute atomic E-state index is 14.3. The number of rotatable bonds is 4. The third-order valence-electron chi connectivity index (χ3n) is 9.16. The number of nitrogens with zero attached hydrogens (tertiary/aromatic N) is 2. The fraction of sp³-hybridized carbons (Fsp3) is 0.222. The Balaban J connectivity index is 1.42. The van der Waals surface area contributed by atoms with Gasteiger partial charge in [0.05, 0.1) is 0 Å². The zero-order chi connectivity index (χ0) is 29.4. The number of benzene rings is 6. The molecule has 42 heavy (non-hydrogen) atoms. The van der Waals surface area contributed by atoms with Crippen LogP contribution in [0.25, 0.3) is 43.1 Å². The van der Waals surface area contributed by atoms with Gasteiger partial charge in [-0.25, -0.2) is 0 Å². The second-order valence-electron chi connectivity index (χ2n) is 12.1. The number of anilines is 4. The van der Waals surface area contributed by atoms with Crippen LogP contribution in [-0.4, -0.2) is 40.4 Å². The zero-order valence-electron chi connectivity index (χ0n) is 24.3. The molecule has 6 heteroatoms. The van der Waals surface area contributed by atoms with Crippen LogP contribution in [0.15, 0.2) is 84.9 Å². The van der Waals surface area contributed by atoms with Crippen LogP contribution >= 0.6 is 0 Å². The summed E-state index contributed by atoms with van der Waals surface area (Å²) >= 11 is 0. The average molecular weight is 555 g/mol. The highest BCUT2D eigenvalue weighted by atomic mass is 16.3. The van der Waals surface area contributed by atoms with E-state index in [0.29, 0.717) is 22.5 Å². The Morgan fingerprint density at radius 2 is 0.810 bits per heavy atom. The van der Waals surface area contributed by atoms with E-state index in [9.17, 15) is 10.2 Å². The average Bonchev–Trinajstić information content (AvgIpc) is 2.97. The molecular formula is C36H34N4O2-2. The maximum Gasteiger partial charge on any atom is 0.0461 e. The minimum atomic E-state index is -1.18. The molecule has 0 heterocycles. The molecule has 7 rings (SSSR count). The molecule has 0 unspecified atom stereocenters. The summed E-state index contributed by atoms with van der Waals surface area (Å²) in [5.74, 6) is -1.56. The molecule has 1 aliphatic rings. The number of nitrogen functional groups attached to an aromatic ring is 2. The van der Waals surface area contributed by atoms with E-state index in [1.807, 2.05) is 86.5 Å². The van der Waals surface area contributed by atoms with Crippen molar-refractivity contribution < 1.29 is 10.2 Å². The molecule has 0 bridgehead atoms. The van der Waals surface area contributed by atoms with Gasteiger partial charge in [-0.3, -0.25) is 0 Å². The maximum atomic E-state index is 14.3. The molecule has 0 aromatic heterocycles. The summed E-state index contributed by atoms with van der Waals surface area (Å²) in [6, 6.07) is 28.5. The van der Waals surface area contributed by atoms with Crippen LogP contribution in [0.2, 0.25) is 0 Å². The Kier molecular flexibility index (Phi) is 5.98. The second-order valence-corrected chi connectivity index (χ2v) is 12.1. The highest BCUT2D eigenvalue weighted by Gasteiger charge is 2.42. The van der Waals surface area contributed by atoms with Crippen molar-refractivity contribution in [1.29, 1.82) is 0 Å². The van der Waals surface area contributed by atoms with Crippen molar-refractivity contribution in [3.63, 3.8) is 0 Å². The van der Waals surface area contributed by atoms with E-state index < -0.39 is 24.0 Å². The first-order valence-corrected chi connectivity index (χ1v) is 14.3. The first kappa shape index (κ1) is 26.4. The van der Waals surface area contributed by atoms with E-state index in [2.05, 4.69) is 36.4 Å². The van der Waals surface area contributed by atoms with Gasteiger partial charge in [0.1, 0.15) is 0 Å². The standard InChI is InChI=1S/C36H34N4O2/c1-39(2)29-17-27(37)31(25-15-21-11-7-5-9-19(21)13-23(25)29)33-35(41)34(36(33)42)32-26-16-22-12-8-6-10-20(22)14-24(26)30(40(3)4)18-28(32)38/h5-18,33-36H,37-38H2,1-4H3/q-2. The van der Waals surface area contributed by atoms with Gasteiger partial charge in [0.2, 0.25) is 0 Å². The molecule has 6 nitrogen and oxygen atoms in total. The normalized spacial score (nSPS) is 20.3. The highest BCUT2D eigenvalue weighted by molar-refractivity contribution is 6.09. The van der Waals surface area contributed by atoms with Crippen molar-refractivity contribution in [3.05, 3.63) is 96.1 Å². The molecule has 0 aliphatic heterocycles. The van der Waals surface area contributed by atoms with Crippen molar-refractivity contribution in [3.8, 4) is 0 Å². The zero-order valence-corrected chi connectivity index (χ0v) is 24.3. The molecule has 0 radical (unpaired) electrons. The summed E-state index contributed by atoms with van der Waals surface area (Å²) in [6.45, 7) is 0. The van der Waals surface area contributed by atoms with Gasteiger partial charge in [-0.1, -0.05) is 48.5 Å². The van der Waals surface area contributed by atoms with Gasteiger partial charge in [0, 0.05) is 61.7 Å². The molecule has 0 atom stereocenters. The third kappa shape index (κ3) is 3.79. The van der Waals surface area contributed by atoms with E-state index in [1.54, 1.807) is 0 Å². The van der Waals surface area contributed by atoms with Crippen LogP contribution in [0.4, 0.5) is 22.7 Å². The van der Waals surface area contributed by atoms with Crippen molar-refractivity contribution in [2.24, 2.45) is 0 Å². The lowest BCUT2D eigenvalue weighted by atomic mass is 9.61. The topological polar surface area (TPSA) is 105 Å². The largest absolute Gasteiger partial charge is 0.851 e. The molecule has 212 valence electrons. The van der Waals surface area contributed by atoms with Crippen LogP contribution in [0, 0.1) is 0 Å². The van der Waals surface area contributed by atoms with E-state index in [-0.39, 0.29) is 0 Å². The molecule has 1 fully saturated rings. The summed E-state index contributed by atoms with van der Waals surface area (Å²) in [7, 11) is 7.91. The fourth-order valence-corrected chi connectivity index (χ4v) is 7.08. The molecule has 4 N–H and O–H groups in total. The van der Waals surface area contributed by atoms with E-state index in [4.69, 9.17) is 11.5 Å². The minimum absolute atomic E-state index is 0.485. The monoisotopic (exact) mass is 554 g/mol. The molecule has 6 aromatic carbocycles. The van der Waals surface area contributed by atoms with Crippen LogP contribution < -0.4 is 31.5 Å². The smallest absolute Gasteiger partial charge is 0.0461 e. The first-order valence-electron chi connectivity index (χ1n) is 14.3. The summed E-state index contributed by atoms with van der Waals surface area (Å²) in [4.78, 5) is 4.04.